The Hall–Kier alpha value is -1.67. The average molecular weight is 388 g/mol. The number of esters is 1. The zero-order valence-corrected chi connectivity index (χ0v) is 16.0. The van der Waals surface area contributed by atoms with Crippen LogP contribution in [0.1, 0.15) is 50.4 Å². The van der Waals surface area contributed by atoms with Crippen molar-refractivity contribution in [3.05, 3.63) is 29.8 Å². The van der Waals surface area contributed by atoms with E-state index >= 15 is 0 Å². The second kappa shape index (κ2) is 8.81. The minimum atomic E-state index is -5.09. The van der Waals surface area contributed by atoms with Crippen molar-refractivity contribution in [2.45, 2.75) is 46.1 Å². The Morgan fingerprint density at radius 1 is 1.23 bits per heavy atom. The van der Waals surface area contributed by atoms with Crippen LogP contribution < -0.4 is 4.18 Å². The van der Waals surface area contributed by atoms with Crippen LogP contribution in [0, 0.1) is 17.8 Å². The molecule has 0 heterocycles. The Bertz CT molecular complexity index is 701. The number of rotatable bonds is 7. The molecular weight excluding hydrogens is 363 g/mol. The highest BCUT2D eigenvalue weighted by atomic mass is 32.3. The van der Waals surface area contributed by atoms with E-state index in [2.05, 4.69) is 25.0 Å². The van der Waals surface area contributed by atoms with Gasteiger partial charge in [-0.25, -0.2) is 4.79 Å². The highest BCUT2D eigenvalue weighted by Gasteiger charge is 2.31. The number of hydrogen-bond donors (Lipinski definition) is 0. The van der Waals surface area contributed by atoms with Gasteiger partial charge in [-0.05, 0) is 54.9 Å². The van der Waals surface area contributed by atoms with Crippen molar-refractivity contribution in [3.63, 3.8) is 0 Å². The third-order valence-electron chi connectivity index (χ3n) is 4.72. The molecule has 3 unspecified atom stereocenters. The normalized spacial score (nSPS) is 23.7. The maximum absolute atomic E-state index is 12.4. The number of hydrogen-bond acceptors (Lipinski definition) is 6. The molecule has 1 aliphatic rings. The molecule has 3 atom stereocenters. The first kappa shape index (κ1) is 20.6. The largest absolute Gasteiger partial charge is 0.488 e. The molecule has 6 nitrogen and oxygen atoms in total. The van der Waals surface area contributed by atoms with Gasteiger partial charge in [0.2, 0.25) is 0 Å². The van der Waals surface area contributed by atoms with Crippen molar-refractivity contribution in [1.29, 1.82) is 0 Å². The Labute approximate surface area is 154 Å². The highest BCUT2D eigenvalue weighted by Crippen LogP contribution is 2.35. The summed E-state index contributed by atoms with van der Waals surface area (Å²) in [5.74, 6) is 0.706. The molecule has 1 saturated carbocycles. The molecule has 1 aromatic rings. The van der Waals surface area contributed by atoms with Crippen LogP contribution in [-0.4, -0.2) is 27.3 Å². The molecule has 146 valence electrons. The summed E-state index contributed by atoms with van der Waals surface area (Å²) in [7, 11) is -5.09. The molecule has 2 rings (SSSR count). The molecule has 0 aromatic heterocycles. The summed E-state index contributed by atoms with van der Waals surface area (Å²) in [5, 5.41) is 0. The second-order valence-corrected chi connectivity index (χ2v) is 8.03. The van der Waals surface area contributed by atoms with Gasteiger partial charge >= 0.3 is 16.5 Å². The van der Waals surface area contributed by atoms with Crippen molar-refractivity contribution in [3.8, 4) is 5.75 Å². The van der Waals surface area contributed by atoms with Gasteiger partial charge in [-0.15, -0.1) is 0 Å². The topological polar surface area (TPSA) is 78.9 Å². The van der Waals surface area contributed by atoms with Crippen molar-refractivity contribution >= 4 is 16.5 Å². The van der Waals surface area contributed by atoms with Gasteiger partial charge in [-0.2, -0.15) is 8.42 Å². The molecule has 0 N–H and O–H groups in total. The molecule has 1 fully saturated rings. The number of ether oxygens (including phenoxy) is 2. The van der Waals surface area contributed by atoms with E-state index in [4.69, 9.17) is 9.47 Å². The van der Waals surface area contributed by atoms with Crippen LogP contribution in [-0.2, 0) is 20.0 Å². The van der Waals surface area contributed by atoms with Gasteiger partial charge in [0.15, 0.2) is 6.79 Å². The van der Waals surface area contributed by atoms with E-state index < -0.39 is 16.5 Å². The minimum Gasteiger partial charge on any atom is -0.435 e. The average Bonchev–Trinajstić information content (AvgIpc) is 2.53. The Morgan fingerprint density at radius 2 is 1.88 bits per heavy atom. The summed E-state index contributed by atoms with van der Waals surface area (Å²) in [6, 6.07) is 4.93. The number of carbonyl (C=O) groups is 1. The molecular formula is C18H25FO6S. The molecule has 0 radical (unpaired) electrons. The Balaban J connectivity index is 1.86. The molecule has 0 saturated heterocycles. The van der Waals surface area contributed by atoms with Crippen LogP contribution in [0.15, 0.2) is 24.3 Å². The van der Waals surface area contributed by atoms with Crippen molar-refractivity contribution in [2.75, 3.05) is 6.79 Å². The van der Waals surface area contributed by atoms with Crippen LogP contribution in [0.3, 0.4) is 0 Å². The van der Waals surface area contributed by atoms with Gasteiger partial charge in [-0.1, -0.05) is 31.1 Å². The lowest BCUT2D eigenvalue weighted by Crippen LogP contribution is -2.35. The summed E-state index contributed by atoms with van der Waals surface area (Å²) < 4.78 is 48.3. The van der Waals surface area contributed by atoms with Crippen molar-refractivity contribution in [2.24, 2.45) is 17.8 Å². The maximum Gasteiger partial charge on any atom is 0.488 e. The monoisotopic (exact) mass is 388 g/mol. The van der Waals surface area contributed by atoms with E-state index in [1.165, 1.54) is 30.7 Å². The lowest BCUT2D eigenvalue weighted by Gasteiger charge is -2.36. The molecule has 1 aliphatic carbocycles. The van der Waals surface area contributed by atoms with Crippen LogP contribution in [0.2, 0.25) is 0 Å². The SMILES string of the molecule is CC1CCC(C(C)C)C(OCOC(=O)c2ccc(OS(=O)(=O)F)cc2)C1. The summed E-state index contributed by atoms with van der Waals surface area (Å²) in [5.41, 5.74) is 0.189. The summed E-state index contributed by atoms with van der Waals surface area (Å²) in [6.07, 6.45) is 3.31. The fourth-order valence-electron chi connectivity index (χ4n) is 3.33. The van der Waals surface area contributed by atoms with Gasteiger partial charge in [-0.3, -0.25) is 0 Å². The Morgan fingerprint density at radius 3 is 2.46 bits per heavy atom. The molecule has 0 aliphatic heterocycles. The van der Waals surface area contributed by atoms with Gasteiger partial charge in [0, 0.05) is 0 Å². The molecule has 0 bridgehead atoms. The lowest BCUT2D eigenvalue weighted by atomic mass is 9.75. The zero-order chi connectivity index (χ0) is 19.3. The van der Waals surface area contributed by atoms with Gasteiger partial charge in [0.1, 0.15) is 5.75 Å². The first-order valence-electron chi connectivity index (χ1n) is 8.68. The van der Waals surface area contributed by atoms with E-state index in [1.807, 2.05) is 0 Å². The number of carbonyl (C=O) groups excluding carboxylic acids is 1. The molecule has 8 heteroatoms. The molecule has 1 aromatic carbocycles. The first-order valence-corrected chi connectivity index (χ1v) is 9.99. The van der Waals surface area contributed by atoms with E-state index in [-0.39, 0.29) is 24.2 Å². The first-order chi connectivity index (χ1) is 12.2. The predicted molar refractivity (Wildman–Crippen MR) is 93.6 cm³/mol. The molecule has 26 heavy (non-hydrogen) atoms. The molecule has 0 spiro atoms. The second-order valence-electron chi connectivity index (χ2n) is 7.08. The number of benzene rings is 1. The van der Waals surface area contributed by atoms with Crippen molar-refractivity contribution in [1.82, 2.24) is 0 Å². The highest BCUT2D eigenvalue weighted by molar-refractivity contribution is 7.81. The summed E-state index contributed by atoms with van der Waals surface area (Å²) in [6.45, 7) is 6.39. The van der Waals surface area contributed by atoms with Crippen LogP contribution in [0.25, 0.3) is 0 Å². The van der Waals surface area contributed by atoms with Gasteiger partial charge in [0.25, 0.3) is 0 Å². The standard InChI is InChI=1S/C18H25FO6S/c1-12(2)16-9-4-13(3)10-17(16)23-11-24-18(20)14-5-7-15(8-6-14)25-26(19,21)22/h5-8,12-13,16-17H,4,9-11H2,1-3H3. The van der Waals surface area contributed by atoms with Crippen LogP contribution >= 0.6 is 0 Å². The van der Waals surface area contributed by atoms with Gasteiger partial charge in [0.05, 0.1) is 11.7 Å². The molecule has 0 amide bonds. The predicted octanol–water partition coefficient (Wildman–Crippen LogP) is 3.87. The van der Waals surface area contributed by atoms with Crippen LogP contribution in [0.4, 0.5) is 3.89 Å². The van der Waals surface area contributed by atoms with Crippen LogP contribution in [0.5, 0.6) is 5.75 Å². The lowest BCUT2D eigenvalue weighted by molar-refractivity contribution is -0.108. The van der Waals surface area contributed by atoms with Gasteiger partial charge < -0.3 is 13.7 Å². The van der Waals surface area contributed by atoms with E-state index in [1.54, 1.807) is 0 Å². The maximum atomic E-state index is 12.4. The summed E-state index contributed by atoms with van der Waals surface area (Å²) >= 11 is 0. The van der Waals surface area contributed by atoms with E-state index in [9.17, 15) is 17.1 Å². The summed E-state index contributed by atoms with van der Waals surface area (Å²) in [4.78, 5) is 12.0. The third-order valence-corrected chi connectivity index (χ3v) is 5.11. The fourth-order valence-corrected chi connectivity index (χ4v) is 3.67. The smallest absolute Gasteiger partial charge is 0.435 e. The fraction of sp³-hybridized carbons (Fsp3) is 0.611. The Kier molecular flexibility index (Phi) is 7.00. The minimum absolute atomic E-state index is 0.0667. The van der Waals surface area contributed by atoms with E-state index in [0.717, 1.165) is 12.8 Å². The zero-order valence-electron chi connectivity index (χ0n) is 15.2. The van der Waals surface area contributed by atoms with E-state index in [0.29, 0.717) is 17.8 Å². The third kappa shape index (κ3) is 6.25. The number of halogens is 1. The quantitative estimate of drug-likeness (QED) is 0.401. The van der Waals surface area contributed by atoms with Crippen molar-refractivity contribution < 1.29 is 30.8 Å².